The zero-order valence-corrected chi connectivity index (χ0v) is 15.5. The van der Waals surface area contributed by atoms with Crippen LogP contribution in [0, 0.1) is 10.1 Å². The molecule has 0 radical (unpaired) electrons. The van der Waals surface area contributed by atoms with Gasteiger partial charge in [-0.1, -0.05) is 6.07 Å². The Kier molecular flexibility index (Phi) is 4.08. The van der Waals surface area contributed by atoms with Gasteiger partial charge in [-0.3, -0.25) is 20.0 Å². The Morgan fingerprint density at radius 3 is 2.83 bits per heavy atom. The molecule has 1 fully saturated rings. The van der Waals surface area contributed by atoms with E-state index in [0.717, 1.165) is 18.4 Å². The SMILES string of the molecule is O=C(c1n[nH]c2ccc([N+](=O)[O-])cc12)N1CCCC1c1ccc2c(c1)OCCO2. The van der Waals surface area contributed by atoms with Crippen molar-refractivity contribution in [2.24, 2.45) is 0 Å². The van der Waals surface area contributed by atoms with Crippen LogP contribution in [0.1, 0.15) is 34.9 Å². The highest BCUT2D eigenvalue weighted by molar-refractivity contribution is 6.05. The lowest BCUT2D eigenvalue weighted by atomic mass is 10.0. The van der Waals surface area contributed by atoms with Gasteiger partial charge in [0.15, 0.2) is 17.2 Å². The van der Waals surface area contributed by atoms with E-state index in [9.17, 15) is 14.9 Å². The van der Waals surface area contributed by atoms with Gasteiger partial charge in [-0.2, -0.15) is 5.10 Å². The van der Waals surface area contributed by atoms with Crippen molar-refractivity contribution in [2.45, 2.75) is 18.9 Å². The Hall–Kier alpha value is -3.62. The molecular formula is C20H18N4O5. The van der Waals surface area contributed by atoms with E-state index in [1.807, 2.05) is 18.2 Å². The quantitative estimate of drug-likeness (QED) is 0.539. The van der Waals surface area contributed by atoms with Crippen LogP contribution < -0.4 is 9.47 Å². The van der Waals surface area contributed by atoms with Gasteiger partial charge in [0, 0.05) is 24.1 Å². The van der Waals surface area contributed by atoms with Crippen molar-refractivity contribution in [1.82, 2.24) is 15.1 Å². The molecule has 9 nitrogen and oxygen atoms in total. The molecule has 29 heavy (non-hydrogen) atoms. The van der Waals surface area contributed by atoms with Gasteiger partial charge < -0.3 is 14.4 Å². The molecule has 1 saturated heterocycles. The largest absolute Gasteiger partial charge is 0.486 e. The fraction of sp³-hybridized carbons (Fsp3) is 0.300. The molecule has 0 spiro atoms. The topological polar surface area (TPSA) is 111 Å². The second kappa shape index (κ2) is 6.77. The third-order valence-corrected chi connectivity index (χ3v) is 5.42. The summed E-state index contributed by atoms with van der Waals surface area (Å²) < 4.78 is 11.3. The molecule has 9 heteroatoms. The van der Waals surface area contributed by atoms with E-state index in [1.165, 1.54) is 12.1 Å². The number of carbonyl (C=O) groups is 1. The number of carbonyl (C=O) groups excluding carboxylic acids is 1. The lowest BCUT2D eigenvalue weighted by Gasteiger charge is -2.26. The first-order valence-corrected chi connectivity index (χ1v) is 9.45. The normalized spacial score (nSPS) is 18.2. The molecule has 1 amide bonds. The number of amides is 1. The fourth-order valence-electron chi connectivity index (χ4n) is 4.04. The number of hydrogen-bond acceptors (Lipinski definition) is 6. The predicted octanol–water partition coefficient (Wildman–Crippen LogP) is 3.22. The zero-order chi connectivity index (χ0) is 20.0. The smallest absolute Gasteiger partial charge is 0.275 e. The Morgan fingerprint density at radius 1 is 1.17 bits per heavy atom. The van der Waals surface area contributed by atoms with Crippen LogP contribution in [0.5, 0.6) is 11.5 Å². The Morgan fingerprint density at radius 2 is 2.00 bits per heavy atom. The third-order valence-electron chi connectivity index (χ3n) is 5.42. The number of ether oxygens (including phenoxy) is 2. The van der Waals surface area contributed by atoms with Crippen molar-refractivity contribution < 1.29 is 19.2 Å². The number of nitro groups is 1. The van der Waals surface area contributed by atoms with Gasteiger partial charge in [0.25, 0.3) is 11.6 Å². The lowest BCUT2D eigenvalue weighted by Crippen LogP contribution is -2.31. The first-order chi connectivity index (χ1) is 14.1. The number of hydrogen-bond donors (Lipinski definition) is 1. The van der Waals surface area contributed by atoms with Crippen LogP contribution in [0.3, 0.4) is 0 Å². The van der Waals surface area contributed by atoms with Crippen LogP contribution in [0.2, 0.25) is 0 Å². The van der Waals surface area contributed by atoms with Gasteiger partial charge in [-0.15, -0.1) is 0 Å². The number of aromatic nitrogens is 2. The van der Waals surface area contributed by atoms with E-state index in [1.54, 1.807) is 11.0 Å². The molecule has 2 aliphatic rings. The minimum Gasteiger partial charge on any atom is -0.486 e. The molecule has 1 aromatic heterocycles. The minimum atomic E-state index is -0.478. The first kappa shape index (κ1) is 17.5. The number of H-pyrrole nitrogens is 1. The number of nitro benzene ring substituents is 1. The van der Waals surface area contributed by atoms with Crippen LogP contribution in [-0.4, -0.2) is 45.7 Å². The van der Waals surface area contributed by atoms with Crippen molar-refractivity contribution in [1.29, 1.82) is 0 Å². The highest BCUT2D eigenvalue weighted by atomic mass is 16.6. The molecule has 3 aromatic rings. The molecule has 0 aliphatic carbocycles. The van der Waals surface area contributed by atoms with E-state index < -0.39 is 4.92 Å². The molecule has 2 aliphatic heterocycles. The maximum Gasteiger partial charge on any atom is 0.275 e. The van der Waals surface area contributed by atoms with Crippen LogP contribution in [0.4, 0.5) is 5.69 Å². The predicted molar refractivity (Wildman–Crippen MR) is 103 cm³/mol. The van der Waals surface area contributed by atoms with E-state index in [4.69, 9.17) is 9.47 Å². The molecular weight excluding hydrogens is 376 g/mol. The third kappa shape index (κ3) is 2.95. The summed E-state index contributed by atoms with van der Waals surface area (Å²) in [5.74, 6) is 1.16. The van der Waals surface area contributed by atoms with Gasteiger partial charge in [0.05, 0.1) is 16.5 Å². The molecule has 5 rings (SSSR count). The number of likely N-dealkylation sites (tertiary alicyclic amines) is 1. The van der Waals surface area contributed by atoms with E-state index in [2.05, 4.69) is 10.2 Å². The summed E-state index contributed by atoms with van der Waals surface area (Å²) in [7, 11) is 0. The molecule has 1 N–H and O–H groups in total. The molecule has 0 saturated carbocycles. The first-order valence-electron chi connectivity index (χ1n) is 9.45. The van der Waals surface area contributed by atoms with Crippen LogP contribution in [0.25, 0.3) is 10.9 Å². The van der Waals surface area contributed by atoms with Gasteiger partial charge in [0.1, 0.15) is 13.2 Å². The van der Waals surface area contributed by atoms with Gasteiger partial charge in [-0.25, -0.2) is 0 Å². The number of aromatic amines is 1. The Balaban J connectivity index is 1.48. The number of benzene rings is 2. The zero-order valence-electron chi connectivity index (χ0n) is 15.5. The van der Waals surface area contributed by atoms with Crippen molar-refractivity contribution in [2.75, 3.05) is 19.8 Å². The van der Waals surface area contributed by atoms with Gasteiger partial charge >= 0.3 is 0 Å². The number of fused-ring (bicyclic) bond motifs is 2. The fourth-order valence-corrected chi connectivity index (χ4v) is 4.04. The molecule has 0 bridgehead atoms. The maximum atomic E-state index is 13.3. The summed E-state index contributed by atoms with van der Waals surface area (Å²) in [6.07, 6.45) is 1.70. The summed E-state index contributed by atoms with van der Waals surface area (Å²) in [4.78, 5) is 25.7. The minimum absolute atomic E-state index is 0.0715. The Bertz CT molecular complexity index is 1130. The highest BCUT2D eigenvalue weighted by Crippen LogP contribution is 2.39. The number of nitrogens with one attached hydrogen (secondary N) is 1. The molecule has 1 atom stereocenters. The van der Waals surface area contributed by atoms with Gasteiger partial charge in [-0.05, 0) is 36.6 Å². The lowest BCUT2D eigenvalue weighted by molar-refractivity contribution is -0.384. The van der Waals surface area contributed by atoms with Crippen LogP contribution in [-0.2, 0) is 0 Å². The Labute approximate surface area is 165 Å². The van der Waals surface area contributed by atoms with Gasteiger partial charge in [0.2, 0.25) is 0 Å². The van der Waals surface area contributed by atoms with Crippen molar-refractivity contribution >= 4 is 22.5 Å². The molecule has 1 unspecified atom stereocenters. The summed E-state index contributed by atoms with van der Waals surface area (Å²) in [6.45, 7) is 1.63. The summed E-state index contributed by atoms with van der Waals surface area (Å²) >= 11 is 0. The highest BCUT2D eigenvalue weighted by Gasteiger charge is 2.33. The summed E-state index contributed by atoms with van der Waals surface area (Å²) in [5.41, 5.74) is 1.70. The second-order valence-corrected chi connectivity index (χ2v) is 7.12. The average Bonchev–Trinajstić information content (AvgIpc) is 3.39. The molecule has 2 aromatic carbocycles. The summed E-state index contributed by atoms with van der Waals surface area (Å²) in [6, 6.07) is 10.0. The van der Waals surface area contributed by atoms with E-state index in [0.29, 0.717) is 42.2 Å². The number of nitrogens with zero attached hydrogens (tertiary/aromatic N) is 3. The maximum absolute atomic E-state index is 13.3. The number of non-ortho nitro benzene ring substituents is 1. The van der Waals surface area contributed by atoms with Crippen molar-refractivity contribution in [3.05, 3.63) is 57.8 Å². The summed E-state index contributed by atoms with van der Waals surface area (Å²) in [5, 5.41) is 18.5. The van der Waals surface area contributed by atoms with Crippen molar-refractivity contribution in [3.63, 3.8) is 0 Å². The second-order valence-electron chi connectivity index (χ2n) is 7.12. The van der Waals surface area contributed by atoms with E-state index in [-0.39, 0.29) is 23.3 Å². The molecule has 3 heterocycles. The monoisotopic (exact) mass is 394 g/mol. The number of rotatable bonds is 3. The standard InChI is InChI=1S/C20H18N4O5/c25-20(19-14-11-13(24(26)27)4-5-15(14)21-22-19)23-7-1-2-16(23)12-3-6-17-18(10-12)29-9-8-28-17/h3-6,10-11,16H,1-2,7-9H2,(H,21,22). The van der Waals surface area contributed by atoms with Crippen LogP contribution >= 0.6 is 0 Å². The van der Waals surface area contributed by atoms with Crippen LogP contribution in [0.15, 0.2) is 36.4 Å². The average molecular weight is 394 g/mol. The molecule has 148 valence electrons. The van der Waals surface area contributed by atoms with Crippen molar-refractivity contribution in [3.8, 4) is 11.5 Å². The van der Waals surface area contributed by atoms with E-state index >= 15 is 0 Å².